The number of carbonyl (C=O) groups excluding carboxylic acids is 1. The minimum Gasteiger partial charge on any atom is -0.351 e. The molecule has 1 atom stereocenters. The summed E-state index contributed by atoms with van der Waals surface area (Å²) in [6.45, 7) is 5.92. The minimum absolute atomic E-state index is 0.0713. The van der Waals surface area contributed by atoms with Crippen LogP contribution in [0.1, 0.15) is 42.2 Å². The van der Waals surface area contributed by atoms with Crippen LogP contribution in [0.15, 0.2) is 59.5 Å². The zero-order valence-corrected chi connectivity index (χ0v) is 16.6. The molecule has 7 heteroatoms. The Balaban J connectivity index is 2.03. The number of amides is 1. The van der Waals surface area contributed by atoms with Gasteiger partial charge in [0.15, 0.2) is 0 Å². The maximum Gasteiger partial charge on any atom is 0.251 e. The lowest BCUT2D eigenvalue weighted by atomic mass is 10.1. The number of carbonyl (C=O) groups is 1. The molecule has 0 fully saturated rings. The molecule has 2 rings (SSSR count). The number of sulfonamides is 1. The molecule has 1 amide bonds. The molecule has 0 saturated carbocycles. The molecular weight excluding hydrogens is 362 g/mol. The Kier molecular flexibility index (Phi) is 7.97. The van der Waals surface area contributed by atoms with Gasteiger partial charge in [-0.15, -0.1) is 0 Å². The van der Waals surface area contributed by atoms with Crippen molar-refractivity contribution in [3.63, 3.8) is 0 Å². The van der Waals surface area contributed by atoms with Crippen LogP contribution in [0.3, 0.4) is 0 Å². The van der Waals surface area contributed by atoms with E-state index in [1.807, 2.05) is 30.3 Å². The van der Waals surface area contributed by atoms with Gasteiger partial charge < -0.3 is 10.6 Å². The van der Waals surface area contributed by atoms with Crippen LogP contribution in [0.2, 0.25) is 0 Å². The van der Waals surface area contributed by atoms with Crippen molar-refractivity contribution in [3.8, 4) is 0 Å². The molecule has 1 unspecified atom stereocenters. The highest BCUT2D eigenvalue weighted by Gasteiger charge is 2.19. The second kappa shape index (κ2) is 10.2. The SMILES string of the molecule is CCCNCCNC(=O)c1cccc(S(=O)(=O)NC(C)c2ccccc2)c1. The maximum atomic E-state index is 12.7. The fraction of sp³-hybridized carbons (Fsp3) is 0.350. The van der Waals surface area contributed by atoms with Crippen LogP contribution in [0.25, 0.3) is 0 Å². The predicted octanol–water partition coefficient (Wildman–Crippen LogP) is 2.46. The first-order valence-corrected chi connectivity index (χ1v) is 10.6. The maximum absolute atomic E-state index is 12.7. The van der Waals surface area contributed by atoms with Crippen LogP contribution < -0.4 is 15.4 Å². The van der Waals surface area contributed by atoms with Gasteiger partial charge in [-0.3, -0.25) is 4.79 Å². The van der Waals surface area contributed by atoms with Crippen molar-refractivity contribution in [3.05, 3.63) is 65.7 Å². The van der Waals surface area contributed by atoms with E-state index < -0.39 is 10.0 Å². The van der Waals surface area contributed by atoms with Crippen LogP contribution in [0.4, 0.5) is 0 Å². The third-order valence-corrected chi connectivity index (χ3v) is 5.59. The predicted molar refractivity (Wildman–Crippen MR) is 107 cm³/mol. The summed E-state index contributed by atoms with van der Waals surface area (Å²) in [4.78, 5) is 12.3. The summed E-state index contributed by atoms with van der Waals surface area (Å²) in [5, 5.41) is 5.98. The lowest BCUT2D eigenvalue weighted by Crippen LogP contribution is -2.32. The van der Waals surface area contributed by atoms with E-state index in [9.17, 15) is 13.2 Å². The zero-order chi connectivity index (χ0) is 19.7. The molecular formula is C20H27N3O3S. The summed E-state index contributed by atoms with van der Waals surface area (Å²) in [5.41, 5.74) is 1.19. The van der Waals surface area contributed by atoms with Crippen LogP contribution in [0.5, 0.6) is 0 Å². The highest BCUT2D eigenvalue weighted by Crippen LogP contribution is 2.17. The Labute approximate surface area is 161 Å². The second-order valence-corrected chi connectivity index (χ2v) is 8.00. The molecule has 0 aliphatic heterocycles. The lowest BCUT2D eigenvalue weighted by Gasteiger charge is -2.15. The normalized spacial score (nSPS) is 12.5. The quantitative estimate of drug-likeness (QED) is 0.545. The molecule has 0 aromatic heterocycles. The molecule has 3 N–H and O–H groups in total. The van der Waals surface area contributed by atoms with Gasteiger partial charge in [0, 0.05) is 24.7 Å². The van der Waals surface area contributed by atoms with Crippen LogP contribution in [-0.2, 0) is 10.0 Å². The topological polar surface area (TPSA) is 87.3 Å². The van der Waals surface area contributed by atoms with Crippen LogP contribution in [0, 0.1) is 0 Å². The first-order valence-electron chi connectivity index (χ1n) is 9.10. The monoisotopic (exact) mass is 389 g/mol. The number of benzene rings is 2. The van der Waals surface area contributed by atoms with Gasteiger partial charge in [-0.1, -0.05) is 43.3 Å². The first kappa shape index (κ1) is 21.1. The van der Waals surface area contributed by atoms with E-state index in [2.05, 4.69) is 22.3 Å². The van der Waals surface area contributed by atoms with Gasteiger partial charge in [-0.25, -0.2) is 13.1 Å². The minimum atomic E-state index is -3.74. The van der Waals surface area contributed by atoms with Gasteiger partial charge >= 0.3 is 0 Å². The molecule has 146 valence electrons. The molecule has 0 heterocycles. The van der Waals surface area contributed by atoms with Gasteiger partial charge in [0.05, 0.1) is 4.90 Å². The highest BCUT2D eigenvalue weighted by atomic mass is 32.2. The molecule has 0 bridgehead atoms. The number of nitrogens with one attached hydrogen (secondary N) is 3. The van der Waals surface area contributed by atoms with Gasteiger partial charge in [0.2, 0.25) is 10.0 Å². The largest absolute Gasteiger partial charge is 0.351 e. The highest BCUT2D eigenvalue weighted by molar-refractivity contribution is 7.89. The average molecular weight is 390 g/mol. The first-order chi connectivity index (χ1) is 12.9. The fourth-order valence-electron chi connectivity index (χ4n) is 2.58. The number of hydrogen-bond donors (Lipinski definition) is 3. The van der Waals surface area contributed by atoms with E-state index in [0.29, 0.717) is 18.7 Å². The van der Waals surface area contributed by atoms with Crippen LogP contribution >= 0.6 is 0 Å². The van der Waals surface area contributed by atoms with Gasteiger partial charge in [-0.2, -0.15) is 0 Å². The molecule has 0 aliphatic carbocycles. The van der Waals surface area contributed by atoms with Crippen molar-refractivity contribution in [1.29, 1.82) is 0 Å². The molecule has 0 radical (unpaired) electrons. The zero-order valence-electron chi connectivity index (χ0n) is 15.7. The van der Waals surface area contributed by atoms with Gasteiger partial charge in [0.25, 0.3) is 5.91 Å². The van der Waals surface area contributed by atoms with E-state index in [0.717, 1.165) is 18.5 Å². The van der Waals surface area contributed by atoms with Crippen molar-refractivity contribution in [1.82, 2.24) is 15.4 Å². The third kappa shape index (κ3) is 6.46. The molecule has 27 heavy (non-hydrogen) atoms. The smallest absolute Gasteiger partial charge is 0.251 e. The van der Waals surface area contributed by atoms with E-state index in [1.165, 1.54) is 12.1 Å². The number of rotatable bonds is 10. The molecule has 0 saturated heterocycles. The summed E-state index contributed by atoms with van der Waals surface area (Å²) >= 11 is 0. The van der Waals surface area contributed by atoms with E-state index in [1.54, 1.807) is 19.1 Å². The van der Waals surface area contributed by atoms with Crippen molar-refractivity contribution in [2.45, 2.75) is 31.2 Å². The Bertz CT molecular complexity index is 839. The van der Waals surface area contributed by atoms with Crippen molar-refractivity contribution >= 4 is 15.9 Å². The summed E-state index contributed by atoms with van der Waals surface area (Å²) in [6.07, 6.45) is 1.03. The summed E-state index contributed by atoms with van der Waals surface area (Å²) in [5.74, 6) is -0.290. The van der Waals surface area contributed by atoms with E-state index in [-0.39, 0.29) is 16.8 Å². The summed E-state index contributed by atoms with van der Waals surface area (Å²) in [7, 11) is -3.74. The molecule has 0 spiro atoms. The molecule has 2 aromatic rings. The van der Waals surface area contributed by atoms with Gasteiger partial charge in [0.1, 0.15) is 0 Å². The number of hydrogen-bond acceptors (Lipinski definition) is 4. The Morgan fingerprint density at radius 2 is 1.74 bits per heavy atom. The molecule has 2 aromatic carbocycles. The van der Waals surface area contributed by atoms with E-state index >= 15 is 0 Å². The average Bonchev–Trinajstić information content (AvgIpc) is 2.68. The summed E-state index contributed by atoms with van der Waals surface area (Å²) < 4.78 is 28.0. The Morgan fingerprint density at radius 3 is 2.44 bits per heavy atom. The van der Waals surface area contributed by atoms with Crippen LogP contribution in [-0.4, -0.2) is 34.0 Å². The lowest BCUT2D eigenvalue weighted by molar-refractivity contribution is 0.0953. The van der Waals surface area contributed by atoms with E-state index in [4.69, 9.17) is 0 Å². The Morgan fingerprint density at radius 1 is 1.00 bits per heavy atom. The summed E-state index contributed by atoms with van der Waals surface area (Å²) in [6, 6.07) is 15.0. The second-order valence-electron chi connectivity index (χ2n) is 6.29. The van der Waals surface area contributed by atoms with Crippen molar-refractivity contribution in [2.75, 3.05) is 19.6 Å². The Hall–Kier alpha value is -2.22. The van der Waals surface area contributed by atoms with Crippen molar-refractivity contribution < 1.29 is 13.2 Å². The van der Waals surface area contributed by atoms with Crippen molar-refractivity contribution in [2.24, 2.45) is 0 Å². The fourth-order valence-corrected chi connectivity index (χ4v) is 3.86. The molecule has 0 aliphatic rings. The third-order valence-electron chi connectivity index (χ3n) is 4.05. The standard InChI is InChI=1S/C20H27N3O3S/c1-3-12-21-13-14-22-20(24)18-10-7-11-19(15-18)27(25,26)23-16(2)17-8-5-4-6-9-17/h4-11,15-16,21,23H,3,12-14H2,1-2H3,(H,22,24). The van der Waals surface area contributed by atoms with Gasteiger partial charge in [-0.05, 0) is 43.7 Å². The molecule has 6 nitrogen and oxygen atoms in total.